The molecule has 3 N–H and O–H groups in total. The van der Waals surface area contributed by atoms with Gasteiger partial charge in [0.05, 0.1) is 22.2 Å². The first-order valence-corrected chi connectivity index (χ1v) is 11.8. The number of carbonyl (C=O) groups excluding carboxylic acids is 1. The molecule has 0 unspecified atom stereocenters. The monoisotopic (exact) mass is 487 g/mol. The van der Waals surface area contributed by atoms with Crippen molar-refractivity contribution in [2.24, 2.45) is 0 Å². The molecule has 1 amide bonds. The van der Waals surface area contributed by atoms with E-state index in [-0.39, 0.29) is 22.0 Å². The summed E-state index contributed by atoms with van der Waals surface area (Å²) in [5.74, 6) is -1.39. The molecule has 0 spiro atoms. The highest BCUT2D eigenvalue weighted by atomic mass is 32.2. The molecule has 0 radical (unpaired) electrons. The Bertz CT molecular complexity index is 1550. The molecule has 0 aliphatic rings. The van der Waals surface area contributed by atoms with Crippen LogP contribution in [0.2, 0.25) is 0 Å². The van der Waals surface area contributed by atoms with Gasteiger partial charge in [-0.15, -0.1) is 0 Å². The molecular weight excluding hydrogens is 469 g/mol. The van der Waals surface area contributed by atoms with Crippen LogP contribution in [-0.4, -0.2) is 19.4 Å². The summed E-state index contributed by atoms with van der Waals surface area (Å²) in [4.78, 5) is 12.5. The second-order valence-corrected chi connectivity index (χ2v) is 9.16. The van der Waals surface area contributed by atoms with Gasteiger partial charge >= 0.3 is 0 Å². The highest BCUT2D eigenvalue weighted by Gasteiger charge is 2.17. The van der Waals surface area contributed by atoms with E-state index in [1.807, 2.05) is 12.1 Å². The number of nitrogens with zero attached hydrogens (tertiary/aromatic N) is 1. The van der Waals surface area contributed by atoms with Gasteiger partial charge in [-0.2, -0.15) is 5.26 Å². The average Bonchev–Trinajstić information content (AvgIpc) is 2.86. The Labute approximate surface area is 201 Å². The molecule has 174 valence electrons. The van der Waals surface area contributed by atoms with E-state index >= 15 is 0 Å². The maximum absolute atomic E-state index is 13.1. The quantitative estimate of drug-likeness (QED) is 0.258. The van der Waals surface area contributed by atoms with Crippen LogP contribution in [0.1, 0.15) is 15.9 Å². The van der Waals surface area contributed by atoms with E-state index in [0.29, 0.717) is 11.1 Å². The molecular formula is C26H18FN3O4S. The van der Waals surface area contributed by atoms with Crippen LogP contribution in [0.3, 0.4) is 0 Å². The summed E-state index contributed by atoms with van der Waals surface area (Å²) in [7, 11) is -4.10. The minimum Gasteiger partial charge on any atom is -0.506 e. The molecule has 0 saturated heterocycles. The predicted octanol–water partition coefficient (Wildman–Crippen LogP) is 5.12. The molecule has 9 heteroatoms. The number of hydrogen-bond acceptors (Lipinski definition) is 5. The van der Waals surface area contributed by atoms with E-state index in [1.165, 1.54) is 18.2 Å². The molecule has 4 aromatic carbocycles. The number of benzene rings is 4. The minimum absolute atomic E-state index is 0.157. The van der Waals surface area contributed by atoms with Crippen LogP contribution in [0.25, 0.3) is 11.1 Å². The first kappa shape index (κ1) is 23.5. The SMILES string of the molecule is N#Cc1ccccc1-c1ccc(C(=O)Nc2ccc(O)c(NS(=O)(=O)c3ccc(F)cc3)c2)cc1. The number of nitrogens with one attached hydrogen (secondary N) is 2. The van der Waals surface area contributed by atoms with Crippen molar-refractivity contribution >= 4 is 27.3 Å². The van der Waals surface area contributed by atoms with E-state index in [9.17, 15) is 28.0 Å². The van der Waals surface area contributed by atoms with Crippen LogP contribution in [0.5, 0.6) is 5.75 Å². The lowest BCUT2D eigenvalue weighted by atomic mass is 9.99. The molecule has 0 bridgehead atoms. The average molecular weight is 488 g/mol. The van der Waals surface area contributed by atoms with Gasteiger partial charge in [-0.3, -0.25) is 9.52 Å². The number of phenols is 1. The van der Waals surface area contributed by atoms with Crippen LogP contribution in [0.4, 0.5) is 15.8 Å². The van der Waals surface area contributed by atoms with Crippen LogP contribution in [0.15, 0.2) is 95.9 Å². The van der Waals surface area contributed by atoms with Crippen molar-refractivity contribution in [1.82, 2.24) is 0 Å². The van der Waals surface area contributed by atoms with Crippen molar-refractivity contribution in [3.63, 3.8) is 0 Å². The van der Waals surface area contributed by atoms with Crippen LogP contribution < -0.4 is 10.0 Å². The fraction of sp³-hybridized carbons (Fsp3) is 0. The molecule has 35 heavy (non-hydrogen) atoms. The van der Waals surface area contributed by atoms with E-state index in [0.717, 1.165) is 35.4 Å². The van der Waals surface area contributed by atoms with Gasteiger partial charge in [0, 0.05) is 11.3 Å². The zero-order valence-electron chi connectivity index (χ0n) is 18.1. The Morgan fingerprint density at radius 3 is 2.29 bits per heavy atom. The summed E-state index contributed by atoms with van der Waals surface area (Å²) in [6.45, 7) is 0. The van der Waals surface area contributed by atoms with E-state index in [2.05, 4.69) is 16.1 Å². The molecule has 0 heterocycles. The number of sulfonamides is 1. The van der Waals surface area contributed by atoms with Gasteiger partial charge in [0.1, 0.15) is 11.6 Å². The Morgan fingerprint density at radius 2 is 1.60 bits per heavy atom. The number of anilines is 2. The molecule has 4 aromatic rings. The smallest absolute Gasteiger partial charge is 0.262 e. The summed E-state index contributed by atoms with van der Waals surface area (Å²) in [5.41, 5.74) is 2.47. The fourth-order valence-corrected chi connectivity index (χ4v) is 4.41. The molecule has 0 aliphatic heterocycles. The number of hydrogen-bond donors (Lipinski definition) is 3. The van der Waals surface area contributed by atoms with Crippen molar-refractivity contribution < 1.29 is 22.7 Å². The van der Waals surface area contributed by atoms with Crippen LogP contribution in [-0.2, 0) is 10.0 Å². The third kappa shape index (κ3) is 5.29. The third-order valence-electron chi connectivity index (χ3n) is 5.13. The fourth-order valence-electron chi connectivity index (χ4n) is 3.35. The molecule has 0 atom stereocenters. The summed E-state index contributed by atoms with van der Waals surface area (Å²) < 4.78 is 40.5. The van der Waals surface area contributed by atoms with Gasteiger partial charge in [-0.05, 0) is 71.8 Å². The second kappa shape index (κ2) is 9.67. The third-order valence-corrected chi connectivity index (χ3v) is 6.51. The molecule has 4 rings (SSSR count). The van der Waals surface area contributed by atoms with Gasteiger partial charge in [-0.1, -0.05) is 30.3 Å². The highest BCUT2D eigenvalue weighted by molar-refractivity contribution is 7.92. The minimum atomic E-state index is -4.10. The van der Waals surface area contributed by atoms with Crippen LogP contribution in [0, 0.1) is 17.1 Å². The normalized spacial score (nSPS) is 10.9. The first-order valence-electron chi connectivity index (χ1n) is 10.3. The lowest BCUT2D eigenvalue weighted by molar-refractivity contribution is 0.102. The summed E-state index contributed by atoms with van der Waals surface area (Å²) in [5, 5.41) is 22.0. The van der Waals surface area contributed by atoms with Gasteiger partial charge < -0.3 is 10.4 Å². The Balaban J connectivity index is 1.52. The van der Waals surface area contributed by atoms with Crippen molar-refractivity contribution in [2.45, 2.75) is 4.90 Å². The molecule has 0 saturated carbocycles. The largest absolute Gasteiger partial charge is 0.506 e. The number of rotatable bonds is 6. The zero-order valence-corrected chi connectivity index (χ0v) is 18.9. The van der Waals surface area contributed by atoms with Crippen LogP contribution >= 0.6 is 0 Å². The van der Waals surface area contributed by atoms with Crippen molar-refractivity contribution in [3.05, 3.63) is 108 Å². The van der Waals surface area contributed by atoms with Gasteiger partial charge in [-0.25, -0.2) is 12.8 Å². The Hall–Kier alpha value is -4.68. The molecule has 0 aromatic heterocycles. The first-order chi connectivity index (χ1) is 16.8. The lowest BCUT2D eigenvalue weighted by Crippen LogP contribution is -2.14. The number of carbonyl (C=O) groups is 1. The Morgan fingerprint density at radius 1 is 0.914 bits per heavy atom. The van der Waals surface area contributed by atoms with E-state index < -0.39 is 21.7 Å². The van der Waals surface area contributed by atoms with Crippen molar-refractivity contribution in [1.29, 1.82) is 5.26 Å². The topological polar surface area (TPSA) is 119 Å². The number of nitriles is 1. The van der Waals surface area contributed by atoms with Crippen molar-refractivity contribution in [3.8, 4) is 22.9 Å². The summed E-state index contributed by atoms with van der Waals surface area (Å²) in [6.07, 6.45) is 0. The number of halogens is 1. The van der Waals surface area contributed by atoms with E-state index in [4.69, 9.17) is 0 Å². The Kier molecular flexibility index (Phi) is 6.48. The summed E-state index contributed by atoms with van der Waals surface area (Å²) in [6, 6.07) is 24.1. The maximum atomic E-state index is 13.1. The molecule has 0 fully saturated rings. The number of aromatic hydroxyl groups is 1. The standard InChI is InChI=1S/C26H18FN3O4S/c27-20-9-12-22(13-10-20)35(33,34)30-24-15-21(11-14-25(24)31)29-26(32)18-7-5-17(6-8-18)23-4-2-1-3-19(23)16-28/h1-15,30-31H,(H,29,32). The summed E-state index contributed by atoms with van der Waals surface area (Å²) >= 11 is 0. The zero-order chi connectivity index (χ0) is 25.0. The van der Waals surface area contributed by atoms with E-state index in [1.54, 1.807) is 36.4 Å². The molecule has 0 aliphatic carbocycles. The molecule has 7 nitrogen and oxygen atoms in total. The van der Waals surface area contributed by atoms with Gasteiger partial charge in [0.2, 0.25) is 0 Å². The lowest BCUT2D eigenvalue weighted by Gasteiger charge is -2.12. The maximum Gasteiger partial charge on any atom is 0.262 e. The highest BCUT2D eigenvalue weighted by Crippen LogP contribution is 2.30. The second-order valence-electron chi connectivity index (χ2n) is 7.48. The van der Waals surface area contributed by atoms with Gasteiger partial charge in [0.25, 0.3) is 15.9 Å². The number of amides is 1. The predicted molar refractivity (Wildman–Crippen MR) is 130 cm³/mol. The van der Waals surface area contributed by atoms with Crippen molar-refractivity contribution in [2.75, 3.05) is 10.0 Å². The van der Waals surface area contributed by atoms with Gasteiger partial charge in [0.15, 0.2) is 0 Å². The number of phenolic OH excluding ortho intramolecular Hbond substituents is 1.